The first-order valence-electron chi connectivity index (χ1n) is 4.71. The molecule has 0 N–H and O–H groups in total. The summed E-state index contributed by atoms with van der Waals surface area (Å²) in [5.74, 6) is -1.22. The van der Waals surface area contributed by atoms with Crippen LogP contribution in [0.5, 0.6) is 5.75 Å². The minimum absolute atomic E-state index is 0.144. The molecule has 0 unspecified atom stereocenters. The summed E-state index contributed by atoms with van der Waals surface area (Å²) in [6.45, 7) is -0.144. The van der Waals surface area contributed by atoms with E-state index >= 15 is 0 Å². The van der Waals surface area contributed by atoms with Gasteiger partial charge >= 0.3 is 5.69 Å². The summed E-state index contributed by atoms with van der Waals surface area (Å²) in [7, 11) is 2.76. The fourth-order valence-electron chi connectivity index (χ4n) is 1.17. The van der Waals surface area contributed by atoms with Gasteiger partial charge in [-0.2, -0.15) is 0 Å². The quantitative estimate of drug-likeness (QED) is 0.433. The molecule has 0 aromatic heterocycles. The van der Waals surface area contributed by atoms with E-state index in [4.69, 9.17) is 14.2 Å². The van der Waals surface area contributed by atoms with E-state index < -0.39 is 28.5 Å². The molecule has 0 bridgehead atoms. The highest BCUT2D eigenvalue weighted by molar-refractivity contribution is 5.46. The molecule has 0 saturated heterocycles. The molecule has 1 rings (SSSR count). The lowest BCUT2D eigenvalue weighted by Crippen LogP contribution is -2.22. The molecular weight excluding hydrogens is 233 g/mol. The predicted molar refractivity (Wildman–Crippen MR) is 56.4 cm³/mol. The zero-order chi connectivity index (χ0) is 12.8. The number of para-hydroxylation sites is 1. The molecule has 7 heteroatoms. The Kier molecular flexibility index (Phi) is 4.80. The van der Waals surface area contributed by atoms with Crippen LogP contribution in [0.2, 0.25) is 0 Å². The highest BCUT2D eigenvalue weighted by Crippen LogP contribution is 2.29. The van der Waals surface area contributed by atoms with E-state index in [-0.39, 0.29) is 6.61 Å². The number of rotatable bonds is 6. The minimum atomic E-state index is -0.801. The average molecular weight is 245 g/mol. The largest absolute Gasteiger partial charge is 0.479 e. The molecule has 0 fully saturated rings. The van der Waals surface area contributed by atoms with E-state index in [1.165, 1.54) is 20.3 Å². The molecular formula is C10H12FNO5. The number of ether oxygens (including phenoxy) is 3. The van der Waals surface area contributed by atoms with E-state index in [9.17, 15) is 14.5 Å². The Morgan fingerprint density at radius 3 is 2.59 bits per heavy atom. The predicted octanol–water partition coefficient (Wildman–Crippen LogP) is 1.73. The molecule has 0 saturated carbocycles. The first-order valence-corrected chi connectivity index (χ1v) is 4.71. The van der Waals surface area contributed by atoms with Crippen LogP contribution < -0.4 is 4.74 Å². The maximum atomic E-state index is 13.4. The van der Waals surface area contributed by atoms with Crippen molar-refractivity contribution in [2.24, 2.45) is 0 Å². The molecule has 1 aromatic carbocycles. The molecule has 0 atom stereocenters. The Hall–Kier alpha value is -1.73. The van der Waals surface area contributed by atoms with Gasteiger partial charge in [0.05, 0.1) is 4.92 Å². The van der Waals surface area contributed by atoms with Crippen LogP contribution >= 0.6 is 0 Å². The van der Waals surface area contributed by atoms with Crippen molar-refractivity contribution < 1.29 is 23.5 Å². The van der Waals surface area contributed by atoms with Gasteiger partial charge in [-0.05, 0) is 6.07 Å². The Bertz CT molecular complexity index is 394. The number of nitro groups is 1. The fraction of sp³-hybridized carbons (Fsp3) is 0.400. The number of nitrogens with zero attached hydrogens (tertiary/aromatic N) is 1. The Morgan fingerprint density at radius 1 is 1.41 bits per heavy atom. The van der Waals surface area contributed by atoms with Gasteiger partial charge in [0.15, 0.2) is 12.1 Å². The number of halogens is 1. The van der Waals surface area contributed by atoms with Crippen molar-refractivity contribution >= 4 is 5.69 Å². The zero-order valence-electron chi connectivity index (χ0n) is 9.38. The second-order valence-electron chi connectivity index (χ2n) is 3.06. The average Bonchev–Trinajstić information content (AvgIpc) is 2.31. The van der Waals surface area contributed by atoms with Gasteiger partial charge in [0, 0.05) is 20.3 Å². The van der Waals surface area contributed by atoms with Crippen molar-refractivity contribution in [3.8, 4) is 5.75 Å². The van der Waals surface area contributed by atoms with E-state index in [1.807, 2.05) is 0 Å². The summed E-state index contributed by atoms with van der Waals surface area (Å²) < 4.78 is 28.0. The van der Waals surface area contributed by atoms with Crippen LogP contribution in [0.15, 0.2) is 18.2 Å². The summed E-state index contributed by atoms with van der Waals surface area (Å²) in [6, 6.07) is 3.48. The summed E-state index contributed by atoms with van der Waals surface area (Å²) in [6.07, 6.45) is -0.714. The number of nitro benzene ring substituents is 1. The standard InChI is InChI=1S/C10H12FNO5/c1-15-9(16-2)6-17-10-7(11)4-3-5-8(10)12(13)14/h3-5,9H,6H2,1-2H3. The van der Waals surface area contributed by atoms with Crippen molar-refractivity contribution in [1.82, 2.24) is 0 Å². The normalized spacial score (nSPS) is 10.6. The van der Waals surface area contributed by atoms with Gasteiger partial charge in [-0.3, -0.25) is 10.1 Å². The van der Waals surface area contributed by atoms with Crippen LogP contribution in [0.3, 0.4) is 0 Å². The van der Waals surface area contributed by atoms with Gasteiger partial charge in [-0.15, -0.1) is 0 Å². The topological polar surface area (TPSA) is 70.8 Å². The molecule has 0 aliphatic rings. The lowest BCUT2D eigenvalue weighted by molar-refractivity contribution is -0.386. The van der Waals surface area contributed by atoms with Crippen LogP contribution in [0.25, 0.3) is 0 Å². The third-order valence-electron chi connectivity index (χ3n) is 2.03. The van der Waals surface area contributed by atoms with E-state index in [1.54, 1.807) is 0 Å². The monoisotopic (exact) mass is 245 g/mol. The van der Waals surface area contributed by atoms with E-state index in [0.29, 0.717) is 0 Å². The fourth-order valence-corrected chi connectivity index (χ4v) is 1.17. The third-order valence-corrected chi connectivity index (χ3v) is 2.03. The Labute approximate surface area is 97.1 Å². The SMILES string of the molecule is COC(COc1c(F)cccc1[N+](=O)[O-])OC. The lowest BCUT2D eigenvalue weighted by atomic mass is 10.3. The van der Waals surface area contributed by atoms with Crippen molar-refractivity contribution in [2.75, 3.05) is 20.8 Å². The first kappa shape index (κ1) is 13.3. The maximum absolute atomic E-state index is 13.4. The Morgan fingerprint density at radius 2 is 2.06 bits per heavy atom. The van der Waals surface area contributed by atoms with Crippen LogP contribution in [-0.4, -0.2) is 32.0 Å². The molecule has 94 valence electrons. The first-order chi connectivity index (χ1) is 8.10. The van der Waals surface area contributed by atoms with Crippen LogP contribution in [0.4, 0.5) is 10.1 Å². The van der Waals surface area contributed by atoms with Crippen molar-refractivity contribution in [1.29, 1.82) is 0 Å². The second-order valence-corrected chi connectivity index (χ2v) is 3.06. The maximum Gasteiger partial charge on any atom is 0.314 e. The summed E-state index contributed by atoms with van der Waals surface area (Å²) >= 11 is 0. The summed E-state index contributed by atoms with van der Waals surface area (Å²) in [4.78, 5) is 9.94. The third kappa shape index (κ3) is 3.36. The van der Waals surface area contributed by atoms with Gasteiger partial charge in [-0.25, -0.2) is 4.39 Å². The summed E-state index contributed by atoms with van der Waals surface area (Å²) in [5.41, 5.74) is -0.434. The summed E-state index contributed by atoms with van der Waals surface area (Å²) in [5, 5.41) is 10.7. The molecule has 6 nitrogen and oxygen atoms in total. The molecule has 0 spiro atoms. The van der Waals surface area contributed by atoms with Crippen LogP contribution in [0.1, 0.15) is 0 Å². The number of hydrogen-bond donors (Lipinski definition) is 0. The molecule has 17 heavy (non-hydrogen) atoms. The van der Waals surface area contributed by atoms with Crippen molar-refractivity contribution in [3.63, 3.8) is 0 Å². The number of benzene rings is 1. The van der Waals surface area contributed by atoms with Crippen molar-refractivity contribution in [3.05, 3.63) is 34.1 Å². The molecule has 0 amide bonds. The molecule has 0 heterocycles. The van der Waals surface area contributed by atoms with E-state index in [0.717, 1.165) is 12.1 Å². The zero-order valence-corrected chi connectivity index (χ0v) is 9.38. The minimum Gasteiger partial charge on any atom is -0.479 e. The lowest BCUT2D eigenvalue weighted by Gasteiger charge is -2.14. The highest BCUT2D eigenvalue weighted by atomic mass is 19.1. The molecule has 0 aliphatic carbocycles. The van der Waals surface area contributed by atoms with Crippen LogP contribution in [0, 0.1) is 15.9 Å². The molecule has 1 aromatic rings. The number of hydrogen-bond acceptors (Lipinski definition) is 5. The van der Waals surface area contributed by atoms with Gasteiger partial charge in [0.25, 0.3) is 0 Å². The number of methoxy groups -OCH3 is 2. The second kappa shape index (κ2) is 6.12. The molecule has 0 radical (unpaired) electrons. The van der Waals surface area contributed by atoms with E-state index in [2.05, 4.69) is 0 Å². The van der Waals surface area contributed by atoms with Gasteiger partial charge in [0.2, 0.25) is 5.75 Å². The van der Waals surface area contributed by atoms with Crippen LogP contribution in [-0.2, 0) is 9.47 Å². The highest BCUT2D eigenvalue weighted by Gasteiger charge is 2.20. The molecule has 0 aliphatic heterocycles. The Balaban J connectivity index is 2.85. The van der Waals surface area contributed by atoms with Gasteiger partial charge in [-0.1, -0.05) is 6.07 Å². The smallest absolute Gasteiger partial charge is 0.314 e. The van der Waals surface area contributed by atoms with Gasteiger partial charge < -0.3 is 14.2 Å². The van der Waals surface area contributed by atoms with Gasteiger partial charge in [0.1, 0.15) is 6.61 Å². The van der Waals surface area contributed by atoms with Crippen molar-refractivity contribution in [2.45, 2.75) is 6.29 Å².